The van der Waals surface area contributed by atoms with Crippen LogP contribution in [0.3, 0.4) is 0 Å². The van der Waals surface area contributed by atoms with Crippen LogP contribution in [0.1, 0.15) is 36.0 Å². The van der Waals surface area contributed by atoms with Crippen LogP contribution in [0, 0.1) is 0 Å². The van der Waals surface area contributed by atoms with Crippen LogP contribution in [0.15, 0.2) is 24.3 Å². The normalized spacial score (nSPS) is 23.6. The number of fused-ring (bicyclic) bond motifs is 2. The maximum Gasteiger partial charge on any atom is 0.254 e. The van der Waals surface area contributed by atoms with Crippen LogP contribution < -0.4 is 10.1 Å². The van der Waals surface area contributed by atoms with Gasteiger partial charge in [0.15, 0.2) is 0 Å². The van der Waals surface area contributed by atoms with Gasteiger partial charge in [-0.05, 0) is 44.0 Å². The Hall–Kier alpha value is -1.59. The Bertz CT molecular complexity index is 521. The minimum Gasteiger partial charge on any atom is -0.493 e. The van der Waals surface area contributed by atoms with Crippen molar-refractivity contribution in [2.75, 3.05) is 33.4 Å². The third-order valence-electron chi connectivity index (χ3n) is 4.73. The number of benzene rings is 1. The van der Waals surface area contributed by atoms with Gasteiger partial charge in [-0.25, -0.2) is 0 Å². The highest BCUT2D eigenvalue weighted by atomic mass is 16.5. The summed E-state index contributed by atoms with van der Waals surface area (Å²) in [5.74, 6) is 0.899. The molecule has 0 saturated carbocycles. The second-order valence-corrected chi connectivity index (χ2v) is 6.31. The zero-order valence-electron chi connectivity index (χ0n) is 13.8. The van der Waals surface area contributed by atoms with Gasteiger partial charge >= 0.3 is 0 Å². The number of nitrogens with zero attached hydrogens (tertiary/aromatic N) is 1. The molecule has 2 aliphatic rings. The molecule has 3 rings (SSSR count). The van der Waals surface area contributed by atoms with Crippen molar-refractivity contribution in [2.45, 2.75) is 37.8 Å². The van der Waals surface area contributed by atoms with Crippen LogP contribution in [-0.2, 0) is 4.74 Å². The van der Waals surface area contributed by atoms with E-state index < -0.39 is 0 Å². The number of amides is 1. The molecule has 2 fully saturated rings. The third-order valence-corrected chi connectivity index (χ3v) is 4.73. The van der Waals surface area contributed by atoms with Gasteiger partial charge < -0.3 is 19.7 Å². The SMILES string of the molecule is COCCCOc1cccc(C(=O)N2C3CCNCC2CC3)c1. The fraction of sp³-hybridized carbons (Fsp3) is 0.611. The van der Waals surface area contributed by atoms with Gasteiger partial charge in [-0.3, -0.25) is 4.79 Å². The van der Waals surface area contributed by atoms with E-state index in [9.17, 15) is 4.79 Å². The second kappa shape index (κ2) is 7.79. The third kappa shape index (κ3) is 3.85. The second-order valence-electron chi connectivity index (χ2n) is 6.31. The summed E-state index contributed by atoms with van der Waals surface area (Å²) in [5, 5.41) is 3.44. The number of hydrogen-bond donors (Lipinski definition) is 1. The monoisotopic (exact) mass is 318 g/mol. The molecule has 2 aliphatic heterocycles. The molecule has 2 heterocycles. The molecule has 1 aromatic carbocycles. The summed E-state index contributed by atoms with van der Waals surface area (Å²) in [6.07, 6.45) is 4.13. The van der Waals surface area contributed by atoms with Gasteiger partial charge in [-0.15, -0.1) is 0 Å². The van der Waals surface area contributed by atoms with Gasteiger partial charge in [0, 0.05) is 44.3 Å². The Morgan fingerprint density at radius 3 is 3.00 bits per heavy atom. The molecule has 1 amide bonds. The van der Waals surface area contributed by atoms with E-state index in [4.69, 9.17) is 9.47 Å². The van der Waals surface area contributed by atoms with Gasteiger partial charge in [0.05, 0.1) is 6.61 Å². The number of carbonyl (C=O) groups is 1. The molecule has 23 heavy (non-hydrogen) atoms. The van der Waals surface area contributed by atoms with Crippen molar-refractivity contribution < 1.29 is 14.3 Å². The number of carbonyl (C=O) groups excluding carboxylic acids is 1. The smallest absolute Gasteiger partial charge is 0.254 e. The Kier molecular flexibility index (Phi) is 5.51. The molecular weight excluding hydrogens is 292 g/mol. The van der Waals surface area contributed by atoms with Crippen molar-refractivity contribution in [3.05, 3.63) is 29.8 Å². The molecular formula is C18H26N2O3. The highest BCUT2D eigenvalue weighted by molar-refractivity contribution is 5.95. The first-order valence-electron chi connectivity index (χ1n) is 8.55. The van der Waals surface area contributed by atoms with E-state index in [0.29, 0.717) is 25.3 Å². The van der Waals surface area contributed by atoms with E-state index in [2.05, 4.69) is 10.2 Å². The molecule has 2 bridgehead atoms. The number of rotatable bonds is 6. The summed E-state index contributed by atoms with van der Waals surface area (Å²) >= 11 is 0. The van der Waals surface area contributed by atoms with E-state index in [1.807, 2.05) is 24.3 Å². The Morgan fingerprint density at radius 2 is 2.13 bits per heavy atom. The minimum atomic E-state index is 0.142. The van der Waals surface area contributed by atoms with Crippen LogP contribution in [-0.4, -0.2) is 56.3 Å². The lowest BCUT2D eigenvalue weighted by Gasteiger charge is -2.28. The zero-order valence-corrected chi connectivity index (χ0v) is 13.8. The molecule has 5 nitrogen and oxygen atoms in total. The Labute approximate surface area is 137 Å². The molecule has 0 aromatic heterocycles. The van der Waals surface area contributed by atoms with Crippen LogP contribution in [0.25, 0.3) is 0 Å². The van der Waals surface area contributed by atoms with Crippen LogP contribution in [0.2, 0.25) is 0 Å². The van der Waals surface area contributed by atoms with Crippen LogP contribution in [0.5, 0.6) is 5.75 Å². The summed E-state index contributed by atoms with van der Waals surface area (Å²) in [7, 11) is 1.68. The number of nitrogens with one attached hydrogen (secondary N) is 1. The zero-order chi connectivity index (χ0) is 16.1. The van der Waals surface area contributed by atoms with Gasteiger partial charge in [0.2, 0.25) is 0 Å². The van der Waals surface area contributed by atoms with Crippen molar-refractivity contribution in [1.29, 1.82) is 0 Å². The Morgan fingerprint density at radius 1 is 1.26 bits per heavy atom. The number of hydrogen-bond acceptors (Lipinski definition) is 4. The summed E-state index contributed by atoms with van der Waals surface area (Å²) in [5.41, 5.74) is 0.730. The molecule has 0 aliphatic carbocycles. The van der Waals surface area contributed by atoms with Crippen molar-refractivity contribution in [1.82, 2.24) is 10.2 Å². The summed E-state index contributed by atoms with van der Waals surface area (Å²) in [4.78, 5) is 15.1. The van der Waals surface area contributed by atoms with Crippen LogP contribution in [0.4, 0.5) is 0 Å². The fourth-order valence-corrected chi connectivity index (χ4v) is 3.58. The predicted molar refractivity (Wildman–Crippen MR) is 88.9 cm³/mol. The van der Waals surface area contributed by atoms with E-state index >= 15 is 0 Å². The molecule has 2 unspecified atom stereocenters. The first kappa shape index (κ1) is 16.3. The van der Waals surface area contributed by atoms with Gasteiger partial charge in [-0.1, -0.05) is 6.07 Å². The fourth-order valence-electron chi connectivity index (χ4n) is 3.58. The van der Waals surface area contributed by atoms with Crippen molar-refractivity contribution in [3.63, 3.8) is 0 Å². The highest BCUT2D eigenvalue weighted by Gasteiger charge is 2.38. The minimum absolute atomic E-state index is 0.142. The number of methoxy groups -OCH3 is 1. The standard InChI is InChI=1S/C18H26N2O3/c1-22-10-3-11-23-17-5-2-4-14(12-17)18(21)20-15-6-7-16(20)13-19-9-8-15/h2,4-5,12,15-16,19H,3,6-11,13H2,1H3. The molecule has 5 heteroatoms. The molecule has 0 radical (unpaired) electrons. The topological polar surface area (TPSA) is 50.8 Å². The summed E-state index contributed by atoms with van der Waals surface area (Å²) in [6.45, 7) is 3.20. The predicted octanol–water partition coefficient (Wildman–Crippen LogP) is 2.07. The van der Waals surface area contributed by atoms with Crippen molar-refractivity contribution >= 4 is 5.91 Å². The van der Waals surface area contributed by atoms with Crippen molar-refractivity contribution in [3.8, 4) is 5.75 Å². The van der Waals surface area contributed by atoms with E-state index in [-0.39, 0.29) is 5.91 Å². The van der Waals surface area contributed by atoms with E-state index in [1.54, 1.807) is 7.11 Å². The maximum absolute atomic E-state index is 13.0. The molecule has 1 aromatic rings. The average molecular weight is 318 g/mol. The molecule has 1 N–H and O–H groups in total. The molecule has 2 saturated heterocycles. The average Bonchev–Trinajstić information content (AvgIpc) is 2.84. The molecule has 0 spiro atoms. The lowest BCUT2D eigenvalue weighted by Crippen LogP contribution is -2.42. The summed E-state index contributed by atoms with van der Waals surface area (Å²) in [6, 6.07) is 8.28. The van der Waals surface area contributed by atoms with Gasteiger partial charge in [-0.2, -0.15) is 0 Å². The lowest BCUT2D eigenvalue weighted by molar-refractivity contribution is 0.0679. The van der Waals surface area contributed by atoms with Crippen molar-refractivity contribution in [2.24, 2.45) is 0 Å². The molecule has 126 valence electrons. The highest BCUT2D eigenvalue weighted by Crippen LogP contribution is 2.30. The maximum atomic E-state index is 13.0. The number of ether oxygens (including phenoxy) is 2. The van der Waals surface area contributed by atoms with Crippen LogP contribution >= 0.6 is 0 Å². The quantitative estimate of drug-likeness (QED) is 0.816. The first-order chi connectivity index (χ1) is 11.3. The summed E-state index contributed by atoms with van der Waals surface area (Å²) < 4.78 is 10.7. The van der Waals surface area contributed by atoms with Gasteiger partial charge in [0.1, 0.15) is 5.75 Å². The lowest BCUT2D eigenvalue weighted by atomic mass is 10.1. The largest absolute Gasteiger partial charge is 0.493 e. The first-order valence-corrected chi connectivity index (χ1v) is 8.55. The molecule has 2 atom stereocenters. The van der Waals surface area contributed by atoms with E-state index in [1.165, 1.54) is 0 Å². The van der Waals surface area contributed by atoms with Gasteiger partial charge in [0.25, 0.3) is 5.91 Å². The Balaban J connectivity index is 1.67. The van der Waals surface area contributed by atoms with E-state index in [0.717, 1.165) is 50.1 Å².